The van der Waals surface area contributed by atoms with Crippen LogP contribution in [0.1, 0.15) is 158 Å². The molecule has 554 valence electrons. The number of hydrogen-bond acceptors (Lipinski definition) is 24. The van der Waals surface area contributed by atoms with Crippen molar-refractivity contribution in [2.75, 3.05) is 79.3 Å². The third-order valence-electron chi connectivity index (χ3n) is 15.1. The summed E-state index contributed by atoms with van der Waals surface area (Å²) in [6.45, 7) is 34.8. The van der Waals surface area contributed by atoms with E-state index in [0.717, 1.165) is 0 Å². The predicted octanol–water partition coefficient (Wildman–Crippen LogP) is 9.73. The molecule has 0 bridgehead atoms. The molecule has 0 radical (unpaired) electrons. The first-order chi connectivity index (χ1) is 46.7. The van der Waals surface area contributed by atoms with Gasteiger partial charge in [0.25, 0.3) is 0 Å². The first-order valence-corrected chi connectivity index (χ1v) is 32.6. The summed E-state index contributed by atoms with van der Waals surface area (Å²) in [4.78, 5) is 150. The van der Waals surface area contributed by atoms with Gasteiger partial charge in [-0.05, 0) is 143 Å². The maximum atomic E-state index is 13.0. The number of carbonyl (C=O) groups excluding carboxylic acids is 12. The first-order valence-electron chi connectivity index (χ1n) is 32.6. The van der Waals surface area contributed by atoms with Crippen molar-refractivity contribution in [3.05, 3.63) is 119 Å². The van der Waals surface area contributed by atoms with Crippen molar-refractivity contribution >= 4 is 72.1 Å². The molecule has 2 aromatic rings. The Morgan fingerprint density at radius 3 is 0.800 bits per heavy atom. The summed E-state index contributed by atoms with van der Waals surface area (Å²) >= 11 is 0. The van der Waals surface area contributed by atoms with Crippen LogP contribution in [-0.2, 0) is 117 Å². The highest BCUT2D eigenvalue weighted by Gasteiger charge is 2.32. The Balaban J connectivity index is 1.69. The van der Waals surface area contributed by atoms with E-state index in [1.807, 2.05) is 38.1 Å². The van der Waals surface area contributed by atoms with E-state index in [2.05, 4.69) is 47.6 Å². The van der Waals surface area contributed by atoms with Gasteiger partial charge in [0.05, 0.1) is 61.4 Å². The van der Waals surface area contributed by atoms with Crippen LogP contribution < -0.4 is 21.3 Å². The average molecular weight is 1410 g/mol. The number of esters is 8. The van der Waals surface area contributed by atoms with Gasteiger partial charge >= 0.3 is 72.1 Å². The van der Waals surface area contributed by atoms with Crippen LogP contribution in [0.15, 0.2) is 97.1 Å². The molecule has 2 atom stereocenters. The van der Waals surface area contributed by atoms with E-state index in [9.17, 15) is 57.5 Å². The molecule has 0 saturated heterocycles. The number of alkyl carbamates (subject to hydrolysis) is 4. The molecule has 2 unspecified atom stereocenters. The fourth-order valence-corrected chi connectivity index (χ4v) is 8.49. The Hall–Kier alpha value is -9.76. The molecule has 0 aliphatic rings. The van der Waals surface area contributed by atoms with Gasteiger partial charge in [-0.2, -0.15) is 0 Å². The third kappa shape index (κ3) is 33.7. The molecular weight excluding hydrogens is 1300 g/mol. The first kappa shape index (κ1) is 86.3. The maximum Gasteiger partial charge on any atom is 0.407 e. The topological polar surface area (TPSA) is 364 Å². The zero-order valence-electron chi connectivity index (χ0n) is 60.3. The van der Waals surface area contributed by atoms with E-state index >= 15 is 0 Å². The predicted molar refractivity (Wildman–Crippen MR) is 363 cm³/mol. The molecule has 2 rings (SSSR count). The van der Waals surface area contributed by atoms with Crippen molar-refractivity contribution < 1.29 is 114 Å². The fraction of sp³-hybridized carbons (Fsp3) is 0.556. The van der Waals surface area contributed by atoms with E-state index in [4.69, 9.17) is 56.8 Å². The minimum absolute atomic E-state index is 0.00655. The van der Waals surface area contributed by atoms with Crippen LogP contribution in [0.2, 0.25) is 0 Å². The van der Waals surface area contributed by atoms with Gasteiger partial charge in [0.2, 0.25) is 0 Å². The number of amides is 4. The van der Waals surface area contributed by atoms with Gasteiger partial charge in [-0.15, -0.1) is 0 Å². The lowest BCUT2D eigenvalue weighted by atomic mass is 9.87. The van der Waals surface area contributed by atoms with Gasteiger partial charge in [0, 0.05) is 22.3 Å². The van der Waals surface area contributed by atoms with Crippen molar-refractivity contribution in [1.29, 1.82) is 0 Å². The quantitative estimate of drug-likeness (QED) is 0.0207. The van der Waals surface area contributed by atoms with Crippen LogP contribution in [-0.4, -0.2) is 151 Å². The second-order valence-electron chi connectivity index (χ2n) is 26.3. The molecule has 0 aliphatic carbocycles. The van der Waals surface area contributed by atoms with Crippen molar-refractivity contribution in [1.82, 2.24) is 21.3 Å². The fourth-order valence-electron chi connectivity index (χ4n) is 8.49. The summed E-state index contributed by atoms with van der Waals surface area (Å²) in [5, 5.41) is 11.3. The summed E-state index contributed by atoms with van der Waals surface area (Å²) in [6.07, 6.45) is -1.42. The van der Waals surface area contributed by atoms with Gasteiger partial charge in [0.15, 0.2) is 0 Å². The molecule has 0 saturated carbocycles. The van der Waals surface area contributed by atoms with Gasteiger partial charge in [0.1, 0.15) is 64.7 Å². The molecule has 0 fully saturated rings. The Kier molecular flexibility index (Phi) is 36.5. The Morgan fingerprint density at radius 1 is 0.340 bits per heavy atom. The van der Waals surface area contributed by atoms with Crippen LogP contribution in [0.3, 0.4) is 0 Å². The summed E-state index contributed by atoms with van der Waals surface area (Å²) in [5.74, 6) is -8.19. The van der Waals surface area contributed by atoms with E-state index in [0.29, 0.717) is 47.9 Å². The van der Waals surface area contributed by atoms with Crippen molar-refractivity contribution in [2.24, 2.45) is 23.7 Å². The number of ether oxygens (including phenoxy) is 12. The summed E-state index contributed by atoms with van der Waals surface area (Å²) < 4.78 is 62.8. The third-order valence-corrected chi connectivity index (χ3v) is 15.1. The number of benzene rings is 2. The molecule has 0 aromatic heterocycles. The molecule has 28 heteroatoms. The van der Waals surface area contributed by atoms with Crippen LogP contribution >= 0.6 is 0 Å². The van der Waals surface area contributed by atoms with Crippen LogP contribution in [0.4, 0.5) is 19.2 Å². The number of rotatable bonds is 43. The highest BCUT2D eigenvalue weighted by molar-refractivity contribution is 5.89. The van der Waals surface area contributed by atoms with Crippen LogP contribution in [0, 0.1) is 23.7 Å². The smallest absolute Gasteiger partial charge is 0.407 e. The van der Waals surface area contributed by atoms with Gasteiger partial charge in [-0.1, -0.05) is 88.7 Å². The minimum Gasteiger partial charge on any atom is -0.466 e. The lowest BCUT2D eigenvalue weighted by Gasteiger charge is -2.30. The van der Waals surface area contributed by atoms with Gasteiger partial charge < -0.3 is 78.1 Å². The van der Waals surface area contributed by atoms with E-state index in [-0.39, 0.29) is 99.8 Å². The van der Waals surface area contributed by atoms with Crippen LogP contribution in [0.25, 0.3) is 0 Å². The molecule has 100 heavy (non-hydrogen) atoms. The van der Waals surface area contributed by atoms with Gasteiger partial charge in [-0.25, -0.2) is 38.4 Å². The second kappa shape index (κ2) is 42.3. The number of nitrogens with one attached hydrogen (secondary N) is 4. The molecule has 0 heterocycles. The number of hydrogen-bond donors (Lipinski definition) is 4. The molecule has 2 aromatic carbocycles. The molecule has 4 N–H and O–H groups in total. The highest BCUT2D eigenvalue weighted by Crippen LogP contribution is 2.29. The average Bonchev–Trinajstić information content (AvgIpc) is 0.811. The maximum absolute atomic E-state index is 13.0. The Morgan fingerprint density at radius 2 is 0.560 bits per heavy atom. The second-order valence-corrected chi connectivity index (χ2v) is 26.3. The van der Waals surface area contributed by atoms with E-state index < -0.39 is 133 Å². The summed E-state index contributed by atoms with van der Waals surface area (Å²) in [5.41, 5.74) is -0.683. The highest BCUT2D eigenvalue weighted by atomic mass is 16.6. The Labute approximate surface area is 585 Å². The normalized spacial score (nSPS) is 12.0. The molecular formula is C72H102N4O24. The largest absolute Gasteiger partial charge is 0.466 e. The van der Waals surface area contributed by atoms with Crippen molar-refractivity contribution in [3.8, 4) is 0 Å². The van der Waals surface area contributed by atoms with Crippen LogP contribution in [0.5, 0.6) is 0 Å². The lowest BCUT2D eigenvalue weighted by molar-refractivity contribution is -0.161. The molecule has 28 nitrogen and oxygen atoms in total. The Bertz CT molecular complexity index is 2950. The lowest BCUT2D eigenvalue weighted by Crippen LogP contribution is -2.43. The number of carbonyl (C=O) groups is 12. The minimum atomic E-state index is -1.17. The summed E-state index contributed by atoms with van der Waals surface area (Å²) in [7, 11) is 0. The van der Waals surface area contributed by atoms with E-state index in [1.54, 1.807) is 79.7 Å². The zero-order valence-corrected chi connectivity index (χ0v) is 60.3. The van der Waals surface area contributed by atoms with Crippen molar-refractivity contribution in [3.63, 3.8) is 0 Å². The van der Waals surface area contributed by atoms with E-state index in [1.165, 1.54) is 27.7 Å². The van der Waals surface area contributed by atoms with Crippen molar-refractivity contribution in [2.45, 2.75) is 158 Å². The zero-order chi connectivity index (χ0) is 75.6. The molecule has 0 aliphatic heterocycles. The molecule has 0 spiro atoms. The monoisotopic (exact) mass is 1410 g/mol. The standard InChI is InChI=1S/C72H102N4O24/c1-45(2)59(79)97-41-51(42-98-60(80)46(3)4)63(83)91-35-37-95-67(87)75-71(15,16)55-23-19-21-53(39-55)69(11,12)73-65(85)93-33-29-49(9)27-31-89-57(77)25-26-58(78)90-32-28-50(10)30-34-94-66(86)74-70(13,14)54-22-20-24-56(40-54)72(17,18)76-68(88)96-38-36-92-64(84)52(43-99-61(81)47(5)6)44-100-62(82)48(7)8/h19-24,39-40,49-52H,1,3,5,7,25-38,41-44H2,2,4,6,8-18H3,(H,73,85)(H,74,86)(H,75,87)(H,76,88). The summed E-state index contributed by atoms with van der Waals surface area (Å²) in [6, 6.07) is 14.4. The molecule has 4 amide bonds. The van der Waals surface area contributed by atoms with Gasteiger partial charge in [-0.3, -0.25) is 19.2 Å². The SMILES string of the molecule is C=C(C)C(=O)OCC(COC(=O)C(=C)C)C(=O)OCCOC(=O)NC(C)(C)c1cccc(C(C)(C)NC(=O)OCCC(C)CCOC(=O)CCC(=O)OCCC(C)CCOC(=O)NC(C)(C)c2cccc(C(C)(C)NC(=O)OCCOC(=O)C(COC(=O)C(=C)C)COC(=O)C(=C)C)c2)c1.